The number of nitrogens with zero attached hydrogens (tertiary/aromatic N) is 4. The van der Waals surface area contributed by atoms with Gasteiger partial charge in [0.2, 0.25) is 0 Å². The third kappa shape index (κ3) is 2.75. The van der Waals surface area contributed by atoms with Gasteiger partial charge in [-0.25, -0.2) is 0 Å². The largest absolute Gasteiger partial charge is 0.347 e. The lowest BCUT2D eigenvalue weighted by Crippen LogP contribution is -2.25. The van der Waals surface area contributed by atoms with Gasteiger partial charge in [0.05, 0.1) is 5.25 Å². The number of thioether (sulfide) groups is 1. The summed E-state index contributed by atoms with van der Waals surface area (Å²) in [6, 6.07) is 8.31. The second-order valence-electron chi connectivity index (χ2n) is 6.62. The average molecular weight is 342 g/mol. The lowest BCUT2D eigenvalue weighted by molar-refractivity contribution is -0.114. The molecule has 0 amide bonds. The van der Waals surface area contributed by atoms with Gasteiger partial charge < -0.3 is 9.47 Å². The molecule has 126 valence electrons. The molecule has 2 heterocycles. The molecule has 0 aliphatic carbocycles. The van der Waals surface area contributed by atoms with Crippen LogP contribution in [0.3, 0.4) is 0 Å². The van der Waals surface area contributed by atoms with E-state index in [2.05, 4.69) is 41.1 Å². The maximum atomic E-state index is 12.7. The summed E-state index contributed by atoms with van der Waals surface area (Å²) in [4.78, 5) is 14.9. The van der Waals surface area contributed by atoms with Crippen LogP contribution in [0.1, 0.15) is 26.3 Å². The third-order valence-electron chi connectivity index (χ3n) is 4.57. The molecule has 1 unspecified atom stereocenters. The van der Waals surface area contributed by atoms with Gasteiger partial charge >= 0.3 is 0 Å². The number of anilines is 1. The Hall–Kier alpha value is -2.08. The van der Waals surface area contributed by atoms with Crippen molar-refractivity contribution in [2.45, 2.75) is 36.6 Å². The highest BCUT2D eigenvalue weighted by molar-refractivity contribution is 8.00. The van der Waals surface area contributed by atoms with Gasteiger partial charge in [-0.05, 0) is 18.6 Å². The predicted octanol–water partition coefficient (Wildman–Crippen LogP) is 3.18. The van der Waals surface area contributed by atoms with Gasteiger partial charge in [-0.2, -0.15) is 0 Å². The highest BCUT2D eigenvalue weighted by atomic mass is 32.2. The van der Waals surface area contributed by atoms with Crippen LogP contribution in [-0.4, -0.2) is 32.8 Å². The van der Waals surface area contributed by atoms with Crippen molar-refractivity contribution in [1.82, 2.24) is 14.8 Å². The third-order valence-corrected chi connectivity index (χ3v) is 5.74. The van der Waals surface area contributed by atoms with E-state index in [1.165, 1.54) is 17.3 Å². The Bertz CT molecular complexity index is 809. The Labute approximate surface area is 146 Å². The number of benzene rings is 1. The highest BCUT2D eigenvalue weighted by Gasteiger charge is 2.38. The van der Waals surface area contributed by atoms with Crippen molar-refractivity contribution in [3.63, 3.8) is 0 Å². The molecule has 0 saturated heterocycles. The summed E-state index contributed by atoms with van der Waals surface area (Å²) in [7, 11) is 3.90. The Balaban J connectivity index is 1.86. The first-order chi connectivity index (χ1) is 11.3. The van der Waals surface area contributed by atoms with Gasteiger partial charge in [0.25, 0.3) is 0 Å². The van der Waals surface area contributed by atoms with E-state index in [0.717, 1.165) is 16.5 Å². The summed E-state index contributed by atoms with van der Waals surface area (Å²) < 4.78 is 1.82. The van der Waals surface area contributed by atoms with Crippen LogP contribution in [0.5, 0.6) is 0 Å². The number of aromatic nitrogens is 3. The number of allylic oxidation sites excluding steroid dienone is 2. The van der Waals surface area contributed by atoms with Gasteiger partial charge in [0.15, 0.2) is 10.9 Å². The molecule has 2 aromatic rings. The number of ketones is 1. The molecule has 0 spiro atoms. The van der Waals surface area contributed by atoms with Gasteiger partial charge in [0, 0.05) is 37.0 Å². The summed E-state index contributed by atoms with van der Waals surface area (Å²) in [6.07, 6.45) is 3.43. The van der Waals surface area contributed by atoms with Gasteiger partial charge in [-0.3, -0.25) is 4.79 Å². The second kappa shape index (κ2) is 6.09. The molecule has 1 aliphatic heterocycles. The minimum absolute atomic E-state index is 0.0886. The van der Waals surface area contributed by atoms with Crippen LogP contribution >= 0.6 is 11.8 Å². The zero-order valence-corrected chi connectivity index (χ0v) is 15.5. The monoisotopic (exact) mass is 342 g/mol. The first-order valence-corrected chi connectivity index (χ1v) is 8.80. The number of carbonyl (C=O) groups excluding carboxylic acids is 1. The standard InChI is InChI=1S/C18H22N4OS/c1-12(24-17-20-19-11-21(17)4)15(23)10-16-18(2,3)13-8-6-7-9-14(13)22(16)5/h6-12H,1-5H3/b16-10+. The molecular weight excluding hydrogens is 320 g/mol. The fourth-order valence-electron chi connectivity index (χ4n) is 3.11. The summed E-state index contributed by atoms with van der Waals surface area (Å²) in [5, 5.41) is 8.43. The van der Waals surface area contributed by atoms with Gasteiger partial charge in [0.1, 0.15) is 6.33 Å². The summed E-state index contributed by atoms with van der Waals surface area (Å²) in [6.45, 7) is 6.23. The number of hydrogen-bond acceptors (Lipinski definition) is 5. The van der Waals surface area contributed by atoms with E-state index in [4.69, 9.17) is 0 Å². The molecule has 0 N–H and O–H groups in total. The van der Waals surface area contributed by atoms with Crippen molar-refractivity contribution in [3.05, 3.63) is 47.9 Å². The smallest absolute Gasteiger partial charge is 0.191 e. The zero-order valence-electron chi connectivity index (χ0n) is 14.6. The Morgan fingerprint density at radius 2 is 2.00 bits per heavy atom. The maximum absolute atomic E-state index is 12.7. The lowest BCUT2D eigenvalue weighted by Gasteiger charge is -2.24. The van der Waals surface area contributed by atoms with E-state index in [9.17, 15) is 4.79 Å². The quantitative estimate of drug-likeness (QED) is 0.631. The fraction of sp³-hybridized carbons (Fsp3) is 0.389. The van der Waals surface area contributed by atoms with E-state index in [1.807, 2.05) is 37.7 Å². The van der Waals surface area contributed by atoms with E-state index >= 15 is 0 Å². The molecule has 5 nitrogen and oxygen atoms in total. The number of para-hydroxylation sites is 1. The molecule has 1 aromatic carbocycles. The zero-order chi connectivity index (χ0) is 17.5. The van der Waals surface area contributed by atoms with Crippen molar-refractivity contribution >= 4 is 23.2 Å². The van der Waals surface area contributed by atoms with Crippen LogP contribution in [-0.2, 0) is 17.3 Å². The predicted molar refractivity (Wildman–Crippen MR) is 97.3 cm³/mol. The molecule has 1 aliphatic rings. The van der Waals surface area contributed by atoms with Crippen LogP contribution in [0.25, 0.3) is 0 Å². The van der Waals surface area contributed by atoms with E-state index in [1.54, 1.807) is 12.4 Å². The SMILES string of the molecule is CC(Sc1nncn1C)C(=O)/C=C1/N(C)c2ccccc2C1(C)C. The van der Waals surface area contributed by atoms with Crippen LogP contribution in [0.2, 0.25) is 0 Å². The Morgan fingerprint density at radius 3 is 2.62 bits per heavy atom. The second-order valence-corrected chi connectivity index (χ2v) is 7.93. The lowest BCUT2D eigenvalue weighted by atomic mass is 9.83. The van der Waals surface area contributed by atoms with Crippen molar-refractivity contribution < 1.29 is 4.79 Å². The van der Waals surface area contributed by atoms with Crippen LogP contribution < -0.4 is 4.90 Å². The topological polar surface area (TPSA) is 51.0 Å². The van der Waals surface area contributed by atoms with Gasteiger partial charge in [-0.1, -0.05) is 43.8 Å². The molecule has 3 rings (SSSR count). The molecule has 0 bridgehead atoms. The Morgan fingerprint density at radius 1 is 1.29 bits per heavy atom. The molecular formula is C18H22N4OS. The molecule has 0 saturated carbocycles. The van der Waals surface area contributed by atoms with E-state index in [-0.39, 0.29) is 16.4 Å². The van der Waals surface area contributed by atoms with Crippen molar-refractivity contribution in [1.29, 1.82) is 0 Å². The summed E-state index contributed by atoms with van der Waals surface area (Å²) >= 11 is 1.43. The summed E-state index contributed by atoms with van der Waals surface area (Å²) in [5.41, 5.74) is 3.25. The minimum Gasteiger partial charge on any atom is -0.347 e. The number of rotatable bonds is 4. The molecule has 0 fully saturated rings. The molecule has 0 radical (unpaired) electrons. The van der Waals surface area contributed by atoms with Crippen LogP contribution in [0, 0.1) is 0 Å². The number of hydrogen-bond donors (Lipinski definition) is 0. The first kappa shape index (κ1) is 16.8. The van der Waals surface area contributed by atoms with Crippen LogP contribution in [0.15, 0.2) is 47.5 Å². The summed E-state index contributed by atoms with van der Waals surface area (Å²) in [5.74, 6) is 0.0886. The van der Waals surface area contributed by atoms with Gasteiger partial charge in [-0.15, -0.1) is 10.2 Å². The molecule has 1 atom stereocenters. The average Bonchev–Trinajstić information content (AvgIpc) is 3.03. The van der Waals surface area contributed by atoms with E-state index < -0.39 is 0 Å². The highest BCUT2D eigenvalue weighted by Crippen LogP contribution is 2.46. The molecule has 6 heteroatoms. The van der Waals surface area contributed by atoms with Crippen LogP contribution in [0.4, 0.5) is 5.69 Å². The molecule has 24 heavy (non-hydrogen) atoms. The number of aryl methyl sites for hydroxylation is 1. The number of likely N-dealkylation sites (N-methyl/N-ethyl adjacent to an activating group) is 1. The van der Waals surface area contributed by atoms with Crippen molar-refractivity contribution in [2.75, 3.05) is 11.9 Å². The fourth-order valence-corrected chi connectivity index (χ4v) is 3.91. The Kier molecular flexibility index (Phi) is 4.25. The van der Waals surface area contributed by atoms with Crippen molar-refractivity contribution in [3.8, 4) is 0 Å². The minimum atomic E-state index is -0.215. The van der Waals surface area contributed by atoms with Crippen molar-refractivity contribution in [2.24, 2.45) is 7.05 Å². The maximum Gasteiger partial charge on any atom is 0.191 e. The molecule has 1 aromatic heterocycles. The first-order valence-electron chi connectivity index (χ1n) is 7.92. The number of fused-ring (bicyclic) bond motifs is 1. The normalized spacial score (nSPS) is 18.7. The number of carbonyl (C=O) groups is 1. The van der Waals surface area contributed by atoms with E-state index in [0.29, 0.717) is 0 Å².